The monoisotopic (exact) mass is 291 g/mol. The third-order valence-corrected chi connectivity index (χ3v) is 4.07. The maximum absolute atomic E-state index is 10.7. The Kier molecular flexibility index (Phi) is 8.03. The molecule has 0 saturated carbocycles. The number of nitrogens with zero attached hydrogens (tertiary/aromatic N) is 1. The van der Waals surface area contributed by atoms with E-state index in [4.69, 9.17) is 0 Å². The second-order valence-corrected chi connectivity index (χ2v) is 6.00. The first-order valence-electron chi connectivity index (χ1n) is 8.25. The van der Waals surface area contributed by atoms with Crippen molar-refractivity contribution in [1.29, 1.82) is 0 Å². The van der Waals surface area contributed by atoms with Crippen LogP contribution >= 0.6 is 0 Å². The van der Waals surface area contributed by atoms with Gasteiger partial charge in [0.1, 0.15) is 11.8 Å². The number of aromatic hydroxyl groups is 1. The van der Waals surface area contributed by atoms with Crippen molar-refractivity contribution in [2.75, 3.05) is 0 Å². The van der Waals surface area contributed by atoms with Crippen molar-refractivity contribution in [2.24, 2.45) is 5.18 Å². The average molecular weight is 291 g/mol. The lowest BCUT2D eigenvalue weighted by Crippen LogP contribution is -1.96. The second kappa shape index (κ2) is 9.54. The molecule has 0 amide bonds. The predicted molar refractivity (Wildman–Crippen MR) is 88.8 cm³/mol. The van der Waals surface area contributed by atoms with Gasteiger partial charge in [-0.3, -0.25) is 0 Å². The summed E-state index contributed by atoms with van der Waals surface area (Å²) in [5, 5.41) is 13.0. The number of phenolic OH excluding ortho intramolecular Hbond substituents is 1. The van der Waals surface area contributed by atoms with E-state index < -0.39 is 6.04 Å². The highest BCUT2D eigenvalue weighted by atomic mass is 16.3. The molecule has 1 aromatic carbocycles. The highest BCUT2D eigenvalue weighted by Gasteiger charge is 2.13. The van der Waals surface area contributed by atoms with Gasteiger partial charge >= 0.3 is 0 Å². The van der Waals surface area contributed by atoms with Gasteiger partial charge in [0.15, 0.2) is 0 Å². The number of hydrogen-bond acceptors (Lipinski definition) is 3. The number of phenols is 1. The third-order valence-electron chi connectivity index (χ3n) is 4.07. The molecule has 0 fully saturated rings. The van der Waals surface area contributed by atoms with Crippen molar-refractivity contribution >= 4 is 0 Å². The number of hydrogen-bond donors (Lipinski definition) is 1. The molecule has 118 valence electrons. The summed E-state index contributed by atoms with van der Waals surface area (Å²) >= 11 is 0. The van der Waals surface area contributed by atoms with Crippen LogP contribution < -0.4 is 0 Å². The van der Waals surface area contributed by atoms with E-state index in [1.807, 2.05) is 19.1 Å². The normalized spacial score (nSPS) is 12.3. The molecule has 1 aromatic rings. The van der Waals surface area contributed by atoms with Crippen molar-refractivity contribution in [3.8, 4) is 5.75 Å². The molecule has 0 bridgehead atoms. The molecule has 0 aromatic heterocycles. The van der Waals surface area contributed by atoms with Crippen molar-refractivity contribution < 1.29 is 5.11 Å². The van der Waals surface area contributed by atoms with Crippen LogP contribution in [0.5, 0.6) is 5.75 Å². The van der Waals surface area contributed by atoms with Crippen LogP contribution in [0.2, 0.25) is 0 Å². The lowest BCUT2D eigenvalue weighted by molar-refractivity contribution is 0.459. The Morgan fingerprint density at radius 2 is 1.71 bits per heavy atom. The number of rotatable bonds is 10. The predicted octanol–water partition coefficient (Wildman–Crippen LogP) is 5.82. The minimum atomic E-state index is -0.488. The van der Waals surface area contributed by atoms with Gasteiger partial charge in [0.2, 0.25) is 0 Å². The molecule has 0 aliphatic heterocycles. The lowest BCUT2D eigenvalue weighted by Gasteiger charge is -2.12. The summed E-state index contributed by atoms with van der Waals surface area (Å²) in [4.78, 5) is 10.7. The van der Waals surface area contributed by atoms with Gasteiger partial charge < -0.3 is 5.11 Å². The number of aryl methyl sites for hydroxylation is 2. The van der Waals surface area contributed by atoms with Gasteiger partial charge in [0, 0.05) is 5.56 Å². The average Bonchev–Trinajstić information content (AvgIpc) is 2.48. The van der Waals surface area contributed by atoms with Crippen LogP contribution in [-0.4, -0.2) is 5.11 Å². The smallest absolute Gasteiger partial charge is 0.123 e. The minimum Gasteiger partial charge on any atom is -0.507 e. The summed E-state index contributed by atoms with van der Waals surface area (Å²) in [6, 6.07) is 3.47. The first kappa shape index (κ1) is 17.7. The fraction of sp³-hybridized carbons (Fsp3) is 0.667. The van der Waals surface area contributed by atoms with E-state index in [2.05, 4.69) is 12.1 Å². The molecule has 0 radical (unpaired) electrons. The fourth-order valence-electron chi connectivity index (χ4n) is 2.69. The maximum Gasteiger partial charge on any atom is 0.123 e. The summed E-state index contributed by atoms with van der Waals surface area (Å²) < 4.78 is 0. The van der Waals surface area contributed by atoms with Crippen molar-refractivity contribution in [3.63, 3.8) is 0 Å². The van der Waals surface area contributed by atoms with E-state index >= 15 is 0 Å². The van der Waals surface area contributed by atoms with Gasteiger partial charge in [-0.15, -0.1) is 0 Å². The van der Waals surface area contributed by atoms with Crippen LogP contribution in [0, 0.1) is 11.8 Å². The van der Waals surface area contributed by atoms with Gasteiger partial charge in [-0.1, -0.05) is 56.7 Å². The SMILES string of the molecule is CCCCCCCCCc1cc(C)c(O)c(C(C)N=O)c1. The highest BCUT2D eigenvalue weighted by Crippen LogP contribution is 2.31. The van der Waals surface area contributed by atoms with Crippen LogP contribution in [0.1, 0.15) is 81.5 Å². The molecule has 0 aliphatic rings. The van der Waals surface area contributed by atoms with Crippen LogP contribution in [0.4, 0.5) is 0 Å². The summed E-state index contributed by atoms with van der Waals surface area (Å²) in [6.07, 6.45) is 10.0. The molecule has 1 atom stereocenters. The van der Waals surface area contributed by atoms with Crippen molar-refractivity contribution in [3.05, 3.63) is 33.7 Å². The standard InChI is InChI=1S/C18H29NO2/c1-4-5-6-7-8-9-10-11-16-12-14(2)18(20)17(13-16)15(3)19-21/h12-13,15,20H,4-11H2,1-3H3. The van der Waals surface area contributed by atoms with Crippen LogP contribution in [-0.2, 0) is 6.42 Å². The zero-order valence-electron chi connectivity index (χ0n) is 13.7. The molecular formula is C18H29NO2. The quantitative estimate of drug-likeness (QED) is 0.436. The molecule has 0 aliphatic carbocycles. The molecule has 1 N–H and O–H groups in total. The van der Waals surface area contributed by atoms with E-state index in [0.29, 0.717) is 5.56 Å². The first-order chi connectivity index (χ1) is 10.1. The Labute approximate surface area is 128 Å². The molecule has 0 saturated heterocycles. The van der Waals surface area contributed by atoms with Gasteiger partial charge in [0.25, 0.3) is 0 Å². The number of nitroso groups, excluding NO2 is 1. The van der Waals surface area contributed by atoms with Crippen LogP contribution in [0.15, 0.2) is 17.3 Å². The molecule has 3 nitrogen and oxygen atoms in total. The summed E-state index contributed by atoms with van der Waals surface area (Å²) in [6.45, 7) is 5.84. The van der Waals surface area contributed by atoms with E-state index in [-0.39, 0.29) is 5.75 Å². The van der Waals surface area contributed by atoms with Crippen LogP contribution in [0.25, 0.3) is 0 Å². The molecule has 1 rings (SSSR count). The Morgan fingerprint density at radius 1 is 1.10 bits per heavy atom. The summed E-state index contributed by atoms with van der Waals surface area (Å²) in [7, 11) is 0. The Balaban J connectivity index is 2.48. The summed E-state index contributed by atoms with van der Waals surface area (Å²) in [5.41, 5.74) is 2.69. The zero-order valence-corrected chi connectivity index (χ0v) is 13.7. The molecule has 0 spiro atoms. The largest absolute Gasteiger partial charge is 0.507 e. The first-order valence-corrected chi connectivity index (χ1v) is 8.25. The summed E-state index contributed by atoms with van der Waals surface area (Å²) in [5.74, 6) is 0.213. The zero-order chi connectivity index (χ0) is 15.7. The number of benzene rings is 1. The van der Waals surface area contributed by atoms with E-state index in [0.717, 1.165) is 12.0 Å². The highest BCUT2D eigenvalue weighted by molar-refractivity contribution is 5.44. The van der Waals surface area contributed by atoms with E-state index in [1.165, 1.54) is 50.5 Å². The van der Waals surface area contributed by atoms with Crippen LogP contribution in [0.3, 0.4) is 0 Å². The van der Waals surface area contributed by atoms with Gasteiger partial charge in [-0.05, 0) is 43.9 Å². The topological polar surface area (TPSA) is 49.7 Å². The molecule has 3 heteroatoms. The molecular weight excluding hydrogens is 262 g/mol. The van der Waals surface area contributed by atoms with Gasteiger partial charge in [0.05, 0.1) is 0 Å². The van der Waals surface area contributed by atoms with Gasteiger partial charge in [-0.2, -0.15) is 4.91 Å². The number of unbranched alkanes of at least 4 members (excludes halogenated alkanes) is 6. The van der Waals surface area contributed by atoms with E-state index in [1.54, 1.807) is 6.92 Å². The van der Waals surface area contributed by atoms with E-state index in [9.17, 15) is 10.0 Å². The Morgan fingerprint density at radius 3 is 2.33 bits per heavy atom. The lowest BCUT2D eigenvalue weighted by atomic mass is 9.97. The molecule has 21 heavy (non-hydrogen) atoms. The second-order valence-electron chi connectivity index (χ2n) is 6.00. The van der Waals surface area contributed by atoms with Gasteiger partial charge in [-0.25, -0.2) is 0 Å². The minimum absolute atomic E-state index is 0.213. The molecule has 1 unspecified atom stereocenters. The fourth-order valence-corrected chi connectivity index (χ4v) is 2.69. The third kappa shape index (κ3) is 5.86. The Hall–Kier alpha value is -1.38. The molecule has 0 heterocycles. The van der Waals surface area contributed by atoms with Crippen molar-refractivity contribution in [2.45, 2.75) is 78.2 Å². The van der Waals surface area contributed by atoms with Crippen molar-refractivity contribution in [1.82, 2.24) is 0 Å². The maximum atomic E-state index is 10.7. The Bertz CT molecular complexity index is 443.